The second kappa shape index (κ2) is 5.85. The van der Waals surface area contributed by atoms with Gasteiger partial charge in [0.15, 0.2) is 0 Å². The minimum Gasteiger partial charge on any atom is -0.306 e. The highest BCUT2D eigenvalue weighted by Crippen LogP contribution is 2.19. The van der Waals surface area contributed by atoms with Crippen LogP contribution >= 0.6 is 11.6 Å². The van der Waals surface area contributed by atoms with E-state index in [0.717, 1.165) is 11.6 Å². The molecule has 1 unspecified atom stereocenters. The topological polar surface area (TPSA) is 15.3 Å². The molecular weight excluding hydrogens is 232 g/mol. The predicted molar refractivity (Wildman–Crippen MR) is 73.5 cm³/mol. The molecule has 3 heteroatoms. The molecule has 1 aliphatic heterocycles. The van der Waals surface area contributed by atoms with Crippen molar-refractivity contribution in [3.05, 3.63) is 34.9 Å². The van der Waals surface area contributed by atoms with Gasteiger partial charge in [-0.1, -0.05) is 23.7 Å². The molecule has 1 heterocycles. The average Bonchev–Trinajstić information content (AvgIpc) is 2.29. The number of hydrogen-bond donors (Lipinski definition) is 1. The zero-order chi connectivity index (χ0) is 12.3. The fourth-order valence-corrected chi connectivity index (χ4v) is 2.73. The Morgan fingerprint density at radius 3 is 3.00 bits per heavy atom. The lowest BCUT2D eigenvalue weighted by Gasteiger charge is -2.32. The Labute approximate surface area is 109 Å². The molecule has 2 atom stereocenters. The summed E-state index contributed by atoms with van der Waals surface area (Å²) in [5, 5.41) is 4.51. The lowest BCUT2D eigenvalue weighted by atomic mass is 10.0. The quantitative estimate of drug-likeness (QED) is 0.890. The molecule has 0 radical (unpaired) electrons. The first-order chi connectivity index (χ1) is 8.15. The van der Waals surface area contributed by atoms with Gasteiger partial charge in [0.2, 0.25) is 0 Å². The molecule has 1 aromatic rings. The van der Waals surface area contributed by atoms with Gasteiger partial charge in [-0.15, -0.1) is 0 Å². The second-order valence-corrected chi connectivity index (χ2v) is 5.48. The van der Waals surface area contributed by atoms with Crippen molar-refractivity contribution < 1.29 is 0 Å². The van der Waals surface area contributed by atoms with Gasteiger partial charge in [-0.25, -0.2) is 0 Å². The van der Waals surface area contributed by atoms with Crippen molar-refractivity contribution >= 4 is 11.6 Å². The van der Waals surface area contributed by atoms with Crippen LogP contribution < -0.4 is 5.32 Å². The van der Waals surface area contributed by atoms with Crippen LogP contribution in [-0.2, 0) is 0 Å². The molecule has 0 aliphatic carbocycles. The van der Waals surface area contributed by atoms with E-state index < -0.39 is 0 Å². The first kappa shape index (κ1) is 12.9. The van der Waals surface area contributed by atoms with Crippen LogP contribution in [0, 0.1) is 0 Å². The van der Waals surface area contributed by atoms with Crippen LogP contribution in [0.4, 0.5) is 0 Å². The van der Waals surface area contributed by atoms with Crippen molar-refractivity contribution in [2.75, 3.05) is 20.1 Å². The highest BCUT2D eigenvalue weighted by molar-refractivity contribution is 6.30. The van der Waals surface area contributed by atoms with E-state index in [9.17, 15) is 0 Å². The maximum atomic E-state index is 6.02. The van der Waals surface area contributed by atoms with Crippen LogP contribution in [0.25, 0.3) is 0 Å². The smallest absolute Gasteiger partial charge is 0.0409 e. The first-order valence-electron chi connectivity index (χ1n) is 6.35. The SMILES string of the molecule is C[C@@H](NC1CCCN(C)C1)c1cccc(Cl)c1. The van der Waals surface area contributed by atoms with E-state index in [1.54, 1.807) is 0 Å². The molecule has 2 rings (SSSR count). The van der Waals surface area contributed by atoms with Gasteiger partial charge >= 0.3 is 0 Å². The Balaban J connectivity index is 1.94. The van der Waals surface area contributed by atoms with Crippen LogP contribution in [0.15, 0.2) is 24.3 Å². The van der Waals surface area contributed by atoms with E-state index in [2.05, 4.69) is 30.3 Å². The molecule has 1 saturated heterocycles. The fourth-order valence-electron chi connectivity index (χ4n) is 2.53. The van der Waals surface area contributed by atoms with Crippen LogP contribution in [0.2, 0.25) is 5.02 Å². The summed E-state index contributed by atoms with van der Waals surface area (Å²) in [6.45, 7) is 4.58. The molecular formula is C14H21ClN2. The van der Waals surface area contributed by atoms with Gasteiger partial charge in [0.1, 0.15) is 0 Å². The second-order valence-electron chi connectivity index (χ2n) is 5.04. The molecule has 1 aromatic carbocycles. The number of halogens is 1. The molecule has 2 nitrogen and oxygen atoms in total. The monoisotopic (exact) mass is 252 g/mol. The molecule has 1 N–H and O–H groups in total. The van der Waals surface area contributed by atoms with Crippen LogP contribution in [0.1, 0.15) is 31.4 Å². The van der Waals surface area contributed by atoms with E-state index in [1.165, 1.54) is 24.9 Å². The van der Waals surface area contributed by atoms with Gasteiger partial charge < -0.3 is 10.2 Å². The van der Waals surface area contributed by atoms with Gasteiger partial charge in [-0.05, 0) is 51.1 Å². The Morgan fingerprint density at radius 2 is 2.29 bits per heavy atom. The van der Waals surface area contributed by atoms with Crippen molar-refractivity contribution in [2.24, 2.45) is 0 Å². The summed E-state index contributed by atoms with van der Waals surface area (Å²) >= 11 is 6.02. The van der Waals surface area contributed by atoms with E-state index in [4.69, 9.17) is 11.6 Å². The summed E-state index contributed by atoms with van der Waals surface area (Å²) < 4.78 is 0. The molecule has 1 fully saturated rings. The average molecular weight is 253 g/mol. The zero-order valence-corrected chi connectivity index (χ0v) is 11.4. The third-order valence-electron chi connectivity index (χ3n) is 3.46. The summed E-state index contributed by atoms with van der Waals surface area (Å²) in [5.41, 5.74) is 1.27. The van der Waals surface area contributed by atoms with Gasteiger partial charge in [0.25, 0.3) is 0 Å². The molecule has 94 valence electrons. The van der Waals surface area contributed by atoms with Crippen molar-refractivity contribution in [1.29, 1.82) is 0 Å². The number of benzene rings is 1. The van der Waals surface area contributed by atoms with E-state index in [-0.39, 0.29) is 0 Å². The molecule has 0 aromatic heterocycles. The number of likely N-dealkylation sites (tertiary alicyclic amines) is 1. The van der Waals surface area contributed by atoms with E-state index in [0.29, 0.717) is 12.1 Å². The third-order valence-corrected chi connectivity index (χ3v) is 3.69. The number of hydrogen-bond acceptors (Lipinski definition) is 2. The molecule has 17 heavy (non-hydrogen) atoms. The highest BCUT2D eigenvalue weighted by Gasteiger charge is 2.19. The van der Waals surface area contributed by atoms with E-state index in [1.807, 2.05) is 18.2 Å². The number of rotatable bonds is 3. The summed E-state index contributed by atoms with van der Waals surface area (Å²) in [4.78, 5) is 2.39. The summed E-state index contributed by atoms with van der Waals surface area (Å²) in [6.07, 6.45) is 2.56. The first-order valence-corrected chi connectivity index (χ1v) is 6.73. The Hall–Kier alpha value is -0.570. The molecule has 0 spiro atoms. The fraction of sp³-hybridized carbons (Fsp3) is 0.571. The van der Waals surface area contributed by atoms with Crippen LogP contribution in [0.5, 0.6) is 0 Å². The Kier molecular flexibility index (Phi) is 4.43. The number of likely N-dealkylation sites (N-methyl/N-ethyl adjacent to an activating group) is 1. The standard InChI is InChI=1S/C14H21ClN2/c1-11(12-5-3-6-13(15)9-12)16-14-7-4-8-17(2)10-14/h3,5-6,9,11,14,16H,4,7-8,10H2,1-2H3/t11-,14?/m1/s1. The van der Waals surface area contributed by atoms with E-state index >= 15 is 0 Å². The highest BCUT2D eigenvalue weighted by atomic mass is 35.5. The number of nitrogens with one attached hydrogen (secondary N) is 1. The van der Waals surface area contributed by atoms with Crippen molar-refractivity contribution in [3.63, 3.8) is 0 Å². The normalized spacial score (nSPS) is 23.6. The van der Waals surface area contributed by atoms with Gasteiger partial charge in [-0.2, -0.15) is 0 Å². The summed E-state index contributed by atoms with van der Waals surface area (Å²) in [6, 6.07) is 9.09. The lowest BCUT2D eigenvalue weighted by Crippen LogP contribution is -2.44. The maximum Gasteiger partial charge on any atom is 0.0409 e. The van der Waals surface area contributed by atoms with Crippen molar-refractivity contribution in [1.82, 2.24) is 10.2 Å². The molecule has 0 amide bonds. The number of piperidine rings is 1. The van der Waals surface area contributed by atoms with Crippen LogP contribution in [0.3, 0.4) is 0 Å². The largest absolute Gasteiger partial charge is 0.306 e. The maximum absolute atomic E-state index is 6.02. The third kappa shape index (κ3) is 3.70. The van der Waals surface area contributed by atoms with Crippen molar-refractivity contribution in [2.45, 2.75) is 31.8 Å². The number of nitrogens with zero attached hydrogens (tertiary/aromatic N) is 1. The van der Waals surface area contributed by atoms with Gasteiger partial charge in [0.05, 0.1) is 0 Å². The predicted octanol–water partition coefficient (Wildman–Crippen LogP) is 3.08. The lowest BCUT2D eigenvalue weighted by molar-refractivity contribution is 0.218. The van der Waals surface area contributed by atoms with Crippen molar-refractivity contribution in [3.8, 4) is 0 Å². The molecule has 0 saturated carbocycles. The minimum absolute atomic E-state index is 0.366. The van der Waals surface area contributed by atoms with Crippen LogP contribution in [-0.4, -0.2) is 31.1 Å². The summed E-state index contributed by atoms with van der Waals surface area (Å²) in [5.74, 6) is 0. The van der Waals surface area contributed by atoms with Gasteiger partial charge in [0, 0.05) is 23.7 Å². The molecule has 0 bridgehead atoms. The zero-order valence-electron chi connectivity index (χ0n) is 10.6. The summed E-state index contributed by atoms with van der Waals surface area (Å²) in [7, 11) is 2.19. The minimum atomic E-state index is 0.366. The Morgan fingerprint density at radius 1 is 1.47 bits per heavy atom. The molecule has 1 aliphatic rings. The Bertz CT molecular complexity index is 367. The van der Waals surface area contributed by atoms with Gasteiger partial charge in [-0.3, -0.25) is 0 Å².